The number of amides is 1. The van der Waals surface area contributed by atoms with Crippen LogP contribution in [0.2, 0.25) is 0 Å². The maximum absolute atomic E-state index is 12.4. The zero-order valence-electron chi connectivity index (χ0n) is 12.2. The third kappa shape index (κ3) is 3.57. The molecule has 0 aliphatic carbocycles. The molecule has 1 aliphatic rings. The van der Waals surface area contributed by atoms with Crippen molar-refractivity contribution in [3.8, 4) is 0 Å². The molecule has 1 amide bonds. The van der Waals surface area contributed by atoms with E-state index < -0.39 is 0 Å². The van der Waals surface area contributed by atoms with E-state index in [0.29, 0.717) is 12.3 Å². The highest BCUT2D eigenvalue weighted by Crippen LogP contribution is 2.23. The van der Waals surface area contributed by atoms with E-state index >= 15 is 0 Å². The molecule has 1 aromatic rings. The van der Waals surface area contributed by atoms with Gasteiger partial charge in [-0.15, -0.1) is 0 Å². The molecule has 2 rings (SSSR count). The Morgan fingerprint density at radius 3 is 2.63 bits per heavy atom. The Kier molecular flexibility index (Phi) is 4.59. The van der Waals surface area contributed by atoms with E-state index in [-0.39, 0.29) is 5.91 Å². The average Bonchev–Trinajstić information content (AvgIpc) is 2.39. The summed E-state index contributed by atoms with van der Waals surface area (Å²) < 4.78 is 0. The molecule has 1 N–H and O–H groups in total. The van der Waals surface area contributed by atoms with Gasteiger partial charge in [0.05, 0.1) is 0 Å². The number of carbonyl (C=O) groups is 1. The molecule has 0 spiro atoms. The molecule has 19 heavy (non-hydrogen) atoms. The number of carbonyl (C=O) groups excluding carboxylic acids is 1. The zero-order chi connectivity index (χ0) is 13.8. The van der Waals surface area contributed by atoms with Crippen molar-refractivity contribution in [3.05, 3.63) is 29.3 Å². The van der Waals surface area contributed by atoms with Gasteiger partial charge < -0.3 is 10.2 Å². The first-order valence-electron chi connectivity index (χ1n) is 7.12. The molecule has 0 atom stereocenters. The van der Waals surface area contributed by atoms with E-state index in [9.17, 15) is 4.79 Å². The molecule has 0 radical (unpaired) electrons. The van der Waals surface area contributed by atoms with Gasteiger partial charge in [0.2, 0.25) is 5.91 Å². The summed E-state index contributed by atoms with van der Waals surface area (Å²) in [6.45, 7) is 6.24. The first-order chi connectivity index (χ1) is 9.08. The number of piperidine rings is 1. The largest absolute Gasteiger partial charge is 0.317 e. The van der Waals surface area contributed by atoms with Gasteiger partial charge >= 0.3 is 0 Å². The number of nitrogens with zero attached hydrogens (tertiary/aromatic N) is 1. The lowest BCUT2D eigenvalue weighted by Gasteiger charge is -2.25. The van der Waals surface area contributed by atoms with Crippen LogP contribution in [0.3, 0.4) is 0 Å². The molecule has 3 heteroatoms. The number of aryl methyl sites for hydroxylation is 2. The maximum atomic E-state index is 12.4. The molecule has 104 valence electrons. The van der Waals surface area contributed by atoms with Crippen LogP contribution in [0.25, 0.3) is 0 Å². The van der Waals surface area contributed by atoms with Crippen LogP contribution >= 0.6 is 0 Å². The van der Waals surface area contributed by atoms with Gasteiger partial charge in [0, 0.05) is 19.2 Å². The van der Waals surface area contributed by atoms with Crippen LogP contribution in [0.5, 0.6) is 0 Å². The minimum absolute atomic E-state index is 0.235. The minimum Gasteiger partial charge on any atom is -0.317 e. The number of anilines is 1. The highest BCUT2D eigenvalue weighted by molar-refractivity contribution is 5.93. The number of benzene rings is 1. The van der Waals surface area contributed by atoms with Crippen molar-refractivity contribution in [2.24, 2.45) is 5.92 Å². The van der Waals surface area contributed by atoms with Crippen LogP contribution in [0.15, 0.2) is 18.2 Å². The van der Waals surface area contributed by atoms with E-state index in [1.165, 1.54) is 11.1 Å². The van der Waals surface area contributed by atoms with Crippen LogP contribution in [0.4, 0.5) is 5.69 Å². The van der Waals surface area contributed by atoms with Gasteiger partial charge in [-0.25, -0.2) is 0 Å². The van der Waals surface area contributed by atoms with Crippen LogP contribution in [0.1, 0.15) is 30.4 Å². The van der Waals surface area contributed by atoms with Crippen molar-refractivity contribution in [2.45, 2.75) is 33.1 Å². The monoisotopic (exact) mass is 260 g/mol. The van der Waals surface area contributed by atoms with E-state index in [0.717, 1.165) is 31.6 Å². The van der Waals surface area contributed by atoms with E-state index in [4.69, 9.17) is 0 Å². The van der Waals surface area contributed by atoms with Gasteiger partial charge in [-0.2, -0.15) is 0 Å². The van der Waals surface area contributed by atoms with Gasteiger partial charge in [-0.1, -0.05) is 17.7 Å². The lowest BCUT2D eigenvalue weighted by Crippen LogP contribution is -2.33. The molecular weight excluding hydrogens is 236 g/mol. The van der Waals surface area contributed by atoms with Crippen molar-refractivity contribution in [1.29, 1.82) is 0 Å². The smallest absolute Gasteiger partial charge is 0.227 e. The van der Waals surface area contributed by atoms with Gasteiger partial charge in [0.25, 0.3) is 0 Å². The Morgan fingerprint density at radius 2 is 2.00 bits per heavy atom. The second kappa shape index (κ2) is 6.20. The number of hydrogen-bond acceptors (Lipinski definition) is 2. The lowest BCUT2D eigenvalue weighted by atomic mass is 9.94. The molecule has 3 nitrogen and oxygen atoms in total. The average molecular weight is 260 g/mol. The molecular formula is C16H24N2O. The third-order valence-electron chi connectivity index (χ3n) is 4.01. The number of rotatable bonds is 3. The highest BCUT2D eigenvalue weighted by atomic mass is 16.2. The predicted molar refractivity (Wildman–Crippen MR) is 79.5 cm³/mol. The number of hydrogen-bond donors (Lipinski definition) is 1. The van der Waals surface area contributed by atoms with E-state index in [1.807, 2.05) is 18.0 Å². The predicted octanol–water partition coefficient (Wildman–Crippen LogP) is 2.66. The Bertz CT molecular complexity index is 450. The second-order valence-electron chi connectivity index (χ2n) is 5.64. The third-order valence-corrected chi connectivity index (χ3v) is 4.01. The summed E-state index contributed by atoms with van der Waals surface area (Å²) in [4.78, 5) is 14.2. The first kappa shape index (κ1) is 14.1. The molecule has 1 aliphatic heterocycles. The SMILES string of the molecule is Cc1ccc(N(C)C(=O)CC2CCNCC2)c(C)c1. The summed E-state index contributed by atoms with van der Waals surface area (Å²) in [7, 11) is 1.89. The Balaban J connectivity index is 2.01. The standard InChI is InChI=1S/C16H24N2O/c1-12-4-5-15(13(2)10-12)18(3)16(19)11-14-6-8-17-9-7-14/h4-5,10,14,17H,6-9,11H2,1-3H3. The minimum atomic E-state index is 0.235. The van der Waals surface area contributed by atoms with Crippen molar-refractivity contribution in [3.63, 3.8) is 0 Å². The summed E-state index contributed by atoms with van der Waals surface area (Å²) in [5.41, 5.74) is 3.44. The highest BCUT2D eigenvalue weighted by Gasteiger charge is 2.20. The van der Waals surface area contributed by atoms with Crippen molar-refractivity contribution in [2.75, 3.05) is 25.0 Å². The van der Waals surface area contributed by atoms with Crippen molar-refractivity contribution < 1.29 is 4.79 Å². The topological polar surface area (TPSA) is 32.3 Å². The second-order valence-corrected chi connectivity index (χ2v) is 5.64. The van der Waals surface area contributed by atoms with Crippen molar-refractivity contribution in [1.82, 2.24) is 5.32 Å². The molecule has 1 heterocycles. The fourth-order valence-electron chi connectivity index (χ4n) is 2.79. The summed E-state index contributed by atoms with van der Waals surface area (Å²) in [5, 5.41) is 3.34. The maximum Gasteiger partial charge on any atom is 0.227 e. The summed E-state index contributed by atoms with van der Waals surface area (Å²) in [6.07, 6.45) is 2.91. The summed E-state index contributed by atoms with van der Waals surface area (Å²) in [6, 6.07) is 6.24. The summed E-state index contributed by atoms with van der Waals surface area (Å²) in [5.74, 6) is 0.779. The van der Waals surface area contributed by atoms with Crippen molar-refractivity contribution >= 4 is 11.6 Å². The fraction of sp³-hybridized carbons (Fsp3) is 0.562. The fourth-order valence-corrected chi connectivity index (χ4v) is 2.79. The summed E-state index contributed by atoms with van der Waals surface area (Å²) >= 11 is 0. The van der Waals surface area contributed by atoms with Gasteiger partial charge in [-0.3, -0.25) is 4.79 Å². The molecule has 0 aromatic heterocycles. The Morgan fingerprint density at radius 1 is 1.32 bits per heavy atom. The van der Waals surface area contributed by atoms with Gasteiger partial charge in [0.1, 0.15) is 0 Å². The first-order valence-corrected chi connectivity index (χ1v) is 7.12. The molecule has 1 aromatic carbocycles. The van der Waals surface area contributed by atoms with Crippen LogP contribution in [-0.4, -0.2) is 26.0 Å². The quantitative estimate of drug-likeness (QED) is 0.906. The molecule has 1 saturated heterocycles. The van der Waals surface area contributed by atoms with Crippen LogP contribution in [-0.2, 0) is 4.79 Å². The Labute approximate surface area is 116 Å². The lowest BCUT2D eigenvalue weighted by molar-refractivity contribution is -0.119. The van der Waals surface area contributed by atoms with E-state index in [1.54, 1.807) is 0 Å². The van der Waals surface area contributed by atoms with Gasteiger partial charge in [-0.05, 0) is 57.3 Å². The molecule has 0 bridgehead atoms. The zero-order valence-corrected chi connectivity index (χ0v) is 12.2. The Hall–Kier alpha value is -1.35. The van der Waals surface area contributed by atoms with E-state index in [2.05, 4.69) is 31.3 Å². The van der Waals surface area contributed by atoms with Gasteiger partial charge in [0.15, 0.2) is 0 Å². The normalized spacial score (nSPS) is 16.4. The molecule has 1 fully saturated rings. The molecule has 0 saturated carbocycles. The molecule has 0 unspecified atom stereocenters. The van der Waals surface area contributed by atoms with Crippen LogP contribution in [0, 0.1) is 19.8 Å². The number of nitrogens with one attached hydrogen (secondary N) is 1. The van der Waals surface area contributed by atoms with Crippen LogP contribution < -0.4 is 10.2 Å².